The molecule has 6 heteroatoms. The van der Waals surface area contributed by atoms with Gasteiger partial charge in [-0.2, -0.15) is 0 Å². The zero-order chi connectivity index (χ0) is 12.7. The molecule has 0 aromatic rings. The van der Waals surface area contributed by atoms with E-state index in [1.165, 1.54) is 0 Å². The second-order valence-corrected chi connectivity index (χ2v) is 8.25. The first-order valence-electron chi connectivity index (χ1n) is 5.36. The van der Waals surface area contributed by atoms with E-state index >= 15 is 0 Å². The lowest BCUT2D eigenvalue weighted by atomic mass is 10.0. The Hall–Kier alpha value is 0.700. The smallest absolute Gasteiger partial charge is 0.0646 e. The molecule has 0 bridgehead atoms. The Balaban J connectivity index is 2.42. The summed E-state index contributed by atoms with van der Waals surface area (Å²) in [5.74, 6) is 2.24. The fraction of sp³-hybridized carbons (Fsp3) is 0.545. The highest BCUT2D eigenvalue weighted by Crippen LogP contribution is 2.48. The van der Waals surface area contributed by atoms with Crippen LogP contribution in [0.25, 0.3) is 0 Å². The number of hydrogen-bond donors (Lipinski definition) is 4. The molecule has 1 saturated carbocycles. The van der Waals surface area contributed by atoms with Crippen LogP contribution in [0.1, 0.15) is 0 Å². The third-order valence-electron chi connectivity index (χ3n) is 2.60. The maximum absolute atomic E-state index is 9.08. The third-order valence-corrected chi connectivity index (χ3v) is 5.77. The Labute approximate surface area is 106 Å². The molecule has 0 saturated heterocycles. The summed E-state index contributed by atoms with van der Waals surface area (Å²) in [7, 11) is -1.53. The lowest BCUT2D eigenvalue weighted by Crippen LogP contribution is -2.14. The molecule has 17 heavy (non-hydrogen) atoms. The second kappa shape index (κ2) is 8.74. The highest BCUT2D eigenvalue weighted by Gasteiger charge is 2.32. The minimum absolute atomic E-state index is 0.0330. The van der Waals surface area contributed by atoms with E-state index in [0.717, 1.165) is 11.8 Å². The first-order valence-corrected chi connectivity index (χ1v) is 9.16. The summed E-state index contributed by atoms with van der Waals surface area (Å²) >= 11 is 0. The normalized spacial score (nSPS) is 18.7. The third kappa shape index (κ3) is 5.06. The van der Waals surface area contributed by atoms with E-state index < -0.39 is 15.8 Å². The molecule has 1 aliphatic carbocycles. The fourth-order valence-electron chi connectivity index (χ4n) is 1.57. The molecular formula is C11H19O4P2. The molecular weight excluding hydrogens is 258 g/mol. The van der Waals surface area contributed by atoms with Gasteiger partial charge in [0.15, 0.2) is 0 Å². The molecule has 1 aliphatic rings. The van der Waals surface area contributed by atoms with Crippen molar-refractivity contribution in [2.75, 3.05) is 37.7 Å². The van der Waals surface area contributed by atoms with Crippen LogP contribution in [0.15, 0.2) is 0 Å². The van der Waals surface area contributed by atoms with Gasteiger partial charge in [0.2, 0.25) is 0 Å². The van der Waals surface area contributed by atoms with Crippen molar-refractivity contribution >= 4 is 15.8 Å². The molecule has 0 atom stereocenters. The van der Waals surface area contributed by atoms with E-state index in [4.69, 9.17) is 20.4 Å². The van der Waals surface area contributed by atoms with Gasteiger partial charge in [0, 0.05) is 0 Å². The molecule has 97 valence electrons. The summed E-state index contributed by atoms with van der Waals surface area (Å²) in [6, 6.07) is 0. The lowest BCUT2D eigenvalue weighted by molar-refractivity contribution is 0.342. The van der Waals surface area contributed by atoms with Crippen molar-refractivity contribution in [3.05, 3.63) is 31.1 Å². The van der Waals surface area contributed by atoms with E-state index in [1.807, 2.05) is 19.3 Å². The van der Waals surface area contributed by atoms with Crippen molar-refractivity contribution in [3.8, 4) is 0 Å². The van der Waals surface area contributed by atoms with Gasteiger partial charge in [-0.15, -0.1) is 0 Å². The zero-order valence-electron chi connectivity index (χ0n) is 9.66. The number of aliphatic hydroxyl groups excluding tert-OH is 4. The SMILES string of the molecule is OCP(CO)C[C]1[CH][CH][CH][C]1CP(CO)CO. The molecule has 1 fully saturated rings. The molecule has 4 N–H and O–H groups in total. The average molecular weight is 277 g/mol. The van der Waals surface area contributed by atoms with E-state index in [0.29, 0.717) is 12.3 Å². The quantitative estimate of drug-likeness (QED) is 0.488. The molecule has 0 heterocycles. The van der Waals surface area contributed by atoms with E-state index in [2.05, 4.69) is 0 Å². The highest BCUT2D eigenvalue weighted by molar-refractivity contribution is 7.57. The summed E-state index contributed by atoms with van der Waals surface area (Å²) in [5, 5.41) is 36.3. The minimum atomic E-state index is -0.763. The Kier molecular flexibility index (Phi) is 8.10. The standard InChI is InChI=1S/C11H19O4P2/c12-6-16(7-13)4-10-2-1-3-11(10)5-17(8-14)9-15/h1-3,12-15H,4-9H2. The summed E-state index contributed by atoms with van der Waals surface area (Å²) in [6.45, 7) is 0. The summed E-state index contributed by atoms with van der Waals surface area (Å²) in [6.07, 6.45) is 7.44. The van der Waals surface area contributed by atoms with Crippen molar-refractivity contribution < 1.29 is 20.4 Å². The van der Waals surface area contributed by atoms with Crippen LogP contribution in [-0.4, -0.2) is 58.1 Å². The summed E-state index contributed by atoms with van der Waals surface area (Å²) < 4.78 is 0. The molecule has 0 amide bonds. The van der Waals surface area contributed by atoms with Crippen molar-refractivity contribution in [1.29, 1.82) is 0 Å². The van der Waals surface area contributed by atoms with Gasteiger partial charge in [-0.1, -0.05) is 15.8 Å². The largest absolute Gasteiger partial charge is 0.392 e. The molecule has 0 aromatic carbocycles. The van der Waals surface area contributed by atoms with E-state index in [-0.39, 0.29) is 25.4 Å². The Morgan fingerprint density at radius 2 is 1.06 bits per heavy atom. The average Bonchev–Trinajstić information content (AvgIpc) is 2.80. The summed E-state index contributed by atoms with van der Waals surface area (Å²) in [4.78, 5) is 0. The van der Waals surface area contributed by atoms with Gasteiger partial charge in [0.05, 0.1) is 25.4 Å². The molecule has 0 unspecified atom stereocenters. The van der Waals surface area contributed by atoms with Gasteiger partial charge in [-0.3, -0.25) is 0 Å². The molecule has 4 nitrogen and oxygen atoms in total. The van der Waals surface area contributed by atoms with Crippen molar-refractivity contribution in [2.24, 2.45) is 0 Å². The number of hydrogen-bond acceptors (Lipinski definition) is 4. The van der Waals surface area contributed by atoms with Crippen LogP contribution >= 0.6 is 15.8 Å². The van der Waals surface area contributed by atoms with Gasteiger partial charge >= 0.3 is 0 Å². The Bertz CT molecular complexity index is 178. The van der Waals surface area contributed by atoms with E-state index in [9.17, 15) is 0 Å². The predicted octanol–water partition coefficient (Wildman–Crippen LogP) is 0.525. The van der Waals surface area contributed by atoms with Crippen LogP contribution in [0.5, 0.6) is 0 Å². The Morgan fingerprint density at radius 3 is 1.35 bits per heavy atom. The highest BCUT2D eigenvalue weighted by atomic mass is 31.1. The number of aliphatic hydroxyl groups is 4. The second-order valence-electron chi connectivity index (χ2n) is 3.80. The van der Waals surface area contributed by atoms with Gasteiger partial charge in [-0.05, 0) is 43.4 Å². The van der Waals surface area contributed by atoms with E-state index in [1.54, 1.807) is 0 Å². The molecule has 0 spiro atoms. The first-order chi connectivity index (χ1) is 8.24. The topological polar surface area (TPSA) is 80.9 Å². The lowest BCUT2D eigenvalue weighted by Gasteiger charge is -2.24. The van der Waals surface area contributed by atoms with Crippen molar-refractivity contribution in [3.63, 3.8) is 0 Å². The monoisotopic (exact) mass is 277 g/mol. The maximum Gasteiger partial charge on any atom is 0.0646 e. The molecule has 5 radical (unpaired) electrons. The van der Waals surface area contributed by atoms with Gasteiger partial charge < -0.3 is 20.4 Å². The molecule has 0 aliphatic heterocycles. The summed E-state index contributed by atoms with van der Waals surface area (Å²) in [5.41, 5.74) is 0. The number of rotatable bonds is 8. The van der Waals surface area contributed by atoms with Crippen LogP contribution in [0.3, 0.4) is 0 Å². The maximum atomic E-state index is 9.08. The van der Waals surface area contributed by atoms with Gasteiger partial charge in [-0.25, -0.2) is 0 Å². The first kappa shape index (κ1) is 15.8. The Morgan fingerprint density at radius 1 is 0.706 bits per heavy atom. The van der Waals surface area contributed by atoms with Crippen LogP contribution in [0.2, 0.25) is 0 Å². The van der Waals surface area contributed by atoms with Crippen molar-refractivity contribution in [2.45, 2.75) is 0 Å². The van der Waals surface area contributed by atoms with Crippen LogP contribution in [0, 0.1) is 31.1 Å². The molecule has 0 aromatic heterocycles. The minimum Gasteiger partial charge on any atom is -0.392 e. The van der Waals surface area contributed by atoms with Crippen molar-refractivity contribution in [1.82, 2.24) is 0 Å². The van der Waals surface area contributed by atoms with Gasteiger partial charge in [0.1, 0.15) is 0 Å². The van der Waals surface area contributed by atoms with Crippen LogP contribution < -0.4 is 0 Å². The predicted molar refractivity (Wildman–Crippen MR) is 71.3 cm³/mol. The van der Waals surface area contributed by atoms with Gasteiger partial charge in [0.25, 0.3) is 0 Å². The zero-order valence-corrected chi connectivity index (χ0v) is 11.4. The van der Waals surface area contributed by atoms with Crippen LogP contribution in [-0.2, 0) is 0 Å². The van der Waals surface area contributed by atoms with Crippen LogP contribution in [0.4, 0.5) is 0 Å². The molecule has 1 rings (SSSR count). The fourth-order valence-corrected chi connectivity index (χ4v) is 3.73.